The Morgan fingerprint density at radius 3 is 2.75 bits per heavy atom. The number of nitrogens with zero attached hydrogens (tertiary/aromatic N) is 4. The SMILES string of the molecule is CN(C)c1nnc(SCc2ccc([N+](=O)[O-])c(N)c2)s1. The molecule has 0 unspecified atom stereocenters. The van der Waals surface area contributed by atoms with E-state index in [4.69, 9.17) is 5.73 Å². The summed E-state index contributed by atoms with van der Waals surface area (Å²) < 4.78 is 0.852. The second-order valence-corrected chi connectivity index (χ2v) is 6.36. The summed E-state index contributed by atoms with van der Waals surface area (Å²) in [5.74, 6) is 0.643. The Hall–Kier alpha value is -1.87. The first-order valence-electron chi connectivity index (χ1n) is 5.64. The Bertz CT molecular complexity index is 629. The van der Waals surface area contributed by atoms with E-state index in [1.165, 1.54) is 29.2 Å². The molecule has 9 heteroatoms. The van der Waals surface area contributed by atoms with Crippen molar-refractivity contribution in [3.05, 3.63) is 33.9 Å². The van der Waals surface area contributed by atoms with Crippen LogP contribution in [-0.4, -0.2) is 29.2 Å². The average molecular weight is 311 g/mol. The molecule has 0 aliphatic rings. The molecule has 0 bridgehead atoms. The van der Waals surface area contributed by atoms with E-state index >= 15 is 0 Å². The molecule has 0 spiro atoms. The Labute approximate surface area is 124 Å². The zero-order valence-electron chi connectivity index (χ0n) is 10.9. The summed E-state index contributed by atoms with van der Waals surface area (Å²) >= 11 is 3.03. The molecule has 0 aliphatic heterocycles. The third-order valence-corrected chi connectivity index (χ3v) is 4.72. The minimum absolute atomic E-state index is 0.0652. The van der Waals surface area contributed by atoms with Crippen LogP contribution in [0.15, 0.2) is 22.5 Å². The van der Waals surface area contributed by atoms with Gasteiger partial charge in [-0.25, -0.2) is 0 Å². The molecule has 2 N–H and O–H groups in total. The molecule has 0 atom stereocenters. The molecule has 0 fully saturated rings. The van der Waals surface area contributed by atoms with Crippen molar-refractivity contribution in [3.8, 4) is 0 Å². The summed E-state index contributed by atoms with van der Waals surface area (Å²) in [6, 6.07) is 4.75. The Morgan fingerprint density at radius 1 is 1.45 bits per heavy atom. The van der Waals surface area contributed by atoms with E-state index in [1.807, 2.05) is 19.0 Å². The second-order valence-electron chi connectivity index (χ2n) is 4.18. The third-order valence-electron chi connectivity index (χ3n) is 2.43. The van der Waals surface area contributed by atoms with Crippen LogP contribution < -0.4 is 10.6 Å². The molecule has 0 amide bonds. The van der Waals surface area contributed by atoms with Gasteiger partial charge in [0.1, 0.15) is 5.69 Å². The lowest BCUT2D eigenvalue weighted by Gasteiger charge is -2.04. The lowest BCUT2D eigenvalue weighted by molar-refractivity contribution is -0.383. The van der Waals surface area contributed by atoms with Crippen molar-refractivity contribution in [2.24, 2.45) is 0 Å². The molecule has 0 radical (unpaired) electrons. The van der Waals surface area contributed by atoms with Crippen molar-refractivity contribution in [2.45, 2.75) is 10.1 Å². The first-order valence-corrected chi connectivity index (χ1v) is 7.44. The fourth-order valence-corrected chi connectivity index (χ4v) is 3.15. The predicted molar refractivity (Wildman–Crippen MR) is 81.3 cm³/mol. The highest BCUT2D eigenvalue weighted by atomic mass is 32.2. The molecule has 20 heavy (non-hydrogen) atoms. The number of hydrogen-bond acceptors (Lipinski definition) is 8. The van der Waals surface area contributed by atoms with Gasteiger partial charge >= 0.3 is 0 Å². The topological polar surface area (TPSA) is 98.2 Å². The quantitative estimate of drug-likeness (QED) is 0.392. The van der Waals surface area contributed by atoms with Crippen LogP contribution in [0.1, 0.15) is 5.56 Å². The maximum atomic E-state index is 10.7. The van der Waals surface area contributed by atoms with E-state index in [0.717, 1.165) is 15.0 Å². The van der Waals surface area contributed by atoms with E-state index in [9.17, 15) is 10.1 Å². The van der Waals surface area contributed by atoms with Gasteiger partial charge < -0.3 is 10.6 Å². The number of rotatable bonds is 5. The van der Waals surface area contributed by atoms with Gasteiger partial charge in [0.2, 0.25) is 5.13 Å². The third kappa shape index (κ3) is 3.36. The number of anilines is 2. The molecule has 2 aromatic rings. The first kappa shape index (κ1) is 14.5. The minimum Gasteiger partial charge on any atom is -0.393 e. The Morgan fingerprint density at radius 2 is 2.20 bits per heavy atom. The van der Waals surface area contributed by atoms with Crippen LogP contribution in [-0.2, 0) is 5.75 Å². The summed E-state index contributed by atoms with van der Waals surface area (Å²) in [4.78, 5) is 12.1. The monoisotopic (exact) mass is 311 g/mol. The number of nitro benzene ring substituents is 1. The molecule has 7 nitrogen and oxygen atoms in total. The molecule has 0 saturated heterocycles. The predicted octanol–water partition coefficient (Wildman–Crippen LogP) is 2.39. The fraction of sp³-hybridized carbons (Fsp3) is 0.273. The van der Waals surface area contributed by atoms with E-state index in [1.54, 1.807) is 12.1 Å². The van der Waals surface area contributed by atoms with Crippen molar-refractivity contribution >= 4 is 39.6 Å². The van der Waals surface area contributed by atoms with Crippen LogP contribution in [0, 0.1) is 10.1 Å². The van der Waals surface area contributed by atoms with Crippen molar-refractivity contribution < 1.29 is 4.92 Å². The molecule has 0 saturated carbocycles. The number of nitrogens with two attached hydrogens (primary N) is 1. The number of aromatic nitrogens is 2. The van der Waals surface area contributed by atoms with Crippen LogP contribution in [0.2, 0.25) is 0 Å². The largest absolute Gasteiger partial charge is 0.393 e. The summed E-state index contributed by atoms with van der Waals surface area (Å²) in [6.07, 6.45) is 0. The van der Waals surface area contributed by atoms with E-state index in [-0.39, 0.29) is 11.4 Å². The van der Waals surface area contributed by atoms with Gasteiger partial charge in [0.05, 0.1) is 4.92 Å². The van der Waals surface area contributed by atoms with Gasteiger partial charge in [-0.1, -0.05) is 29.2 Å². The smallest absolute Gasteiger partial charge is 0.292 e. The van der Waals surface area contributed by atoms with Gasteiger partial charge in [0, 0.05) is 25.9 Å². The highest BCUT2D eigenvalue weighted by Crippen LogP contribution is 2.31. The molecule has 1 heterocycles. The van der Waals surface area contributed by atoms with Crippen molar-refractivity contribution in [1.29, 1.82) is 0 Å². The molecular formula is C11H13N5O2S2. The highest BCUT2D eigenvalue weighted by molar-refractivity contribution is 8.00. The van der Waals surface area contributed by atoms with Gasteiger partial charge in [-0.15, -0.1) is 10.2 Å². The molecule has 1 aromatic heterocycles. The van der Waals surface area contributed by atoms with E-state index < -0.39 is 4.92 Å². The van der Waals surface area contributed by atoms with Crippen molar-refractivity contribution in [2.75, 3.05) is 24.7 Å². The number of nitro groups is 1. The van der Waals surface area contributed by atoms with Crippen LogP contribution in [0.25, 0.3) is 0 Å². The molecule has 2 rings (SSSR count). The lowest BCUT2D eigenvalue weighted by Crippen LogP contribution is -2.07. The number of benzene rings is 1. The first-order chi connectivity index (χ1) is 9.47. The highest BCUT2D eigenvalue weighted by Gasteiger charge is 2.12. The van der Waals surface area contributed by atoms with Crippen LogP contribution in [0.5, 0.6) is 0 Å². The zero-order chi connectivity index (χ0) is 14.7. The van der Waals surface area contributed by atoms with Gasteiger partial charge in [-0.2, -0.15) is 0 Å². The van der Waals surface area contributed by atoms with Crippen LogP contribution in [0.4, 0.5) is 16.5 Å². The molecule has 1 aromatic carbocycles. The lowest BCUT2D eigenvalue weighted by atomic mass is 10.2. The van der Waals surface area contributed by atoms with Gasteiger partial charge in [-0.05, 0) is 11.6 Å². The van der Waals surface area contributed by atoms with Gasteiger partial charge in [0.25, 0.3) is 5.69 Å². The van der Waals surface area contributed by atoms with Gasteiger partial charge in [0.15, 0.2) is 4.34 Å². The summed E-state index contributed by atoms with van der Waals surface area (Å²) in [5.41, 5.74) is 6.68. The van der Waals surface area contributed by atoms with E-state index in [0.29, 0.717) is 5.75 Å². The second kappa shape index (κ2) is 6.06. The zero-order valence-corrected chi connectivity index (χ0v) is 12.6. The fourth-order valence-electron chi connectivity index (χ4n) is 1.45. The average Bonchev–Trinajstić information content (AvgIpc) is 2.85. The number of hydrogen-bond donors (Lipinski definition) is 1. The molecule has 106 valence electrons. The molecular weight excluding hydrogens is 298 g/mol. The summed E-state index contributed by atoms with van der Waals surface area (Å²) in [5, 5.41) is 19.6. The van der Waals surface area contributed by atoms with Crippen molar-refractivity contribution in [1.82, 2.24) is 10.2 Å². The number of thioether (sulfide) groups is 1. The number of nitrogen functional groups attached to an aromatic ring is 1. The maximum Gasteiger partial charge on any atom is 0.292 e. The summed E-state index contributed by atoms with van der Waals surface area (Å²) in [7, 11) is 3.82. The van der Waals surface area contributed by atoms with E-state index in [2.05, 4.69) is 10.2 Å². The summed E-state index contributed by atoms with van der Waals surface area (Å²) in [6.45, 7) is 0. The van der Waals surface area contributed by atoms with Crippen molar-refractivity contribution in [3.63, 3.8) is 0 Å². The maximum absolute atomic E-state index is 10.7. The molecule has 0 aliphatic carbocycles. The van der Waals surface area contributed by atoms with Crippen LogP contribution >= 0.6 is 23.1 Å². The van der Waals surface area contributed by atoms with Crippen LogP contribution in [0.3, 0.4) is 0 Å². The Kier molecular flexibility index (Phi) is 4.40. The van der Waals surface area contributed by atoms with Gasteiger partial charge in [-0.3, -0.25) is 10.1 Å². The minimum atomic E-state index is -0.486. The standard InChI is InChI=1S/C11H13N5O2S2/c1-15(2)10-13-14-11(20-10)19-6-7-3-4-9(16(17)18)8(12)5-7/h3-5H,6,12H2,1-2H3. The normalized spacial score (nSPS) is 10.5. The Balaban J connectivity index is 2.03.